The molecule has 1 aliphatic rings. The highest BCUT2D eigenvalue weighted by Crippen LogP contribution is 2.30. The first-order valence-corrected chi connectivity index (χ1v) is 10.2. The number of carbonyl (C=O) groups is 1. The summed E-state index contributed by atoms with van der Waals surface area (Å²) in [6.07, 6.45) is 1.65. The summed E-state index contributed by atoms with van der Waals surface area (Å²) in [6, 6.07) is 10.0. The number of furan rings is 1. The summed E-state index contributed by atoms with van der Waals surface area (Å²) in [4.78, 5) is 14.4. The molecule has 7 nitrogen and oxygen atoms in total. The molecule has 1 saturated heterocycles. The summed E-state index contributed by atoms with van der Waals surface area (Å²) >= 11 is 1.40. The summed E-state index contributed by atoms with van der Waals surface area (Å²) in [5, 5.41) is 9.46. The maximum absolute atomic E-state index is 12.5. The van der Waals surface area contributed by atoms with Crippen molar-refractivity contribution in [1.82, 2.24) is 19.7 Å². The van der Waals surface area contributed by atoms with E-state index in [0.29, 0.717) is 43.0 Å². The molecule has 0 atom stereocenters. The molecule has 4 rings (SSSR count). The van der Waals surface area contributed by atoms with E-state index in [4.69, 9.17) is 9.15 Å². The number of thioether (sulfide) groups is 1. The van der Waals surface area contributed by atoms with Crippen LogP contribution in [-0.2, 0) is 9.53 Å². The van der Waals surface area contributed by atoms with Gasteiger partial charge in [-0.05, 0) is 37.6 Å². The van der Waals surface area contributed by atoms with Crippen LogP contribution in [0.5, 0.6) is 0 Å². The number of ether oxygens (including phenoxy) is 1. The van der Waals surface area contributed by atoms with Gasteiger partial charge in [0.2, 0.25) is 5.91 Å². The second kappa shape index (κ2) is 8.20. The van der Waals surface area contributed by atoms with Gasteiger partial charge >= 0.3 is 0 Å². The van der Waals surface area contributed by atoms with Crippen molar-refractivity contribution in [2.75, 3.05) is 32.1 Å². The lowest BCUT2D eigenvalue weighted by Crippen LogP contribution is -2.41. The lowest BCUT2D eigenvalue weighted by Gasteiger charge is -2.26. The van der Waals surface area contributed by atoms with Gasteiger partial charge in [-0.1, -0.05) is 23.9 Å². The highest BCUT2D eigenvalue weighted by Gasteiger charge is 2.22. The van der Waals surface area contributed by atoms with Crippen molar-refractivity contribution in [3.05, 3.63) is 47.9 Å². The number of amides is 1. The van der Waals surface area contributed by atoms with Crippen molar-refractivity contribution in [3.8, 4) is 17.1 Å². The van der Waals surface area contributed by atoms with Crippen LogP contribution in [0.15, 0.2) is 46.2 Å². The molecular weight excluding hydrogens is 376 g/mol. The molecule has 1 aromatic carbocycles. The summed E-state index contributed by atoms with van der Waals surface area (Å²) in [5.41, 5.74) is 2.99. The Morgan fingerprint density at radius 1 is 1.18 bits per heavy atom. The van der Waals surface area contributed by atoms with Crippen LogP contribution in [0.3, 0.4) is 0 Å². The molecule has 1 fully saturated rings. The topological polar surface area (TPSA) is 73.4 Å². The number of nitrogens with zero attached hydrogens (tertiary/aromatic N) is 4. The Balaban J connectivity index is 1.64. The van der Waals surface area contributed by atoms with Gasteiger partial charge in [0.05, 0.1) is 30.8 Å². The zero-order chi connectivity index (χ0) is 19.5. The smallest absolute Gasteiger partial charge is 0.233 e. The van der Waals surface area contributed by atoms with Gasteiger partial charge in [-0.3, -0.25) is 9.36 Å². The van der Waals surface area contributed by atoms with Crippen LogP contribution in [-0.4, -0.2) is 57.6 Å². The molecule has 3 heterocycles. The van der Waals surface area contributed by atoms with E-state index >= 15 is 0 Å². The zero-order valence-electron chi connectivity index (χ0n) is 15.9. The number of hydrogen-bond acceptors (Lipinski definition) is 6. The first kappa shape index (κ1) is 18.8. The molecule has 146 valence electrons. The largest absolute Gasteiger partial charge is 0.469 e. The molecule has 0 aliphatic carbocycles. The third-order valence-electron chi connectivity index (χ3n) is 4.68. The van der Waals surface area contributed by atoms with Crippen LogP contribution >= 0.6 is 11.8 Å². The summed E-state index contributed by atoms with van der Waals surface area (Å²) < 4.78 is 12.8. The summed E-state index contributed by atoms with van der Waals surface area (Å²) in [7, 11) is 0. The van der Waals surface area contributed by atoms with Gasteiger partial charge in [-0.15, -0.1) is 10.2 Å². The predicted octanol–water partition coefficient (Wildman–Crippen LogP) is 3.10. The SMILES string of the molecule is Cc1cccc(-n2c(SCC(=O)N3CCOCC3)nnc2-c2ccoc2C)c1. The van der Waals surface area contributed by atoms with Crippen LogP contribution in [0.2, 0.25) is 0 Å². The standard InChI is InChI=1S/C20H22N4O3S/c1-14-4-3-5-16(12-14)24-19(17-6-9-27-15(17)2)21-22-20(24)28-13-18(25)23-7-10-26-11-8-23/h3-6,9,12H,7-8,10-11,13H2,1-2H3. The summed E-state index contributed by atoms with van der Waals surface area (Å²) in [5.74, 6) is 1.89. The first-order valence-electron chi connectivity index (χ1n) is 9.19. The minimum Gasteiger partial charge on any atom is -0.469 e. The van der Waals surface area contributed by atoms with E-state index in [2.05, 4.69) is 16.3 Å². The fourth-order valence-electron chi connectivity index (χ4n) is 3.18. The van der Waals surface area contributed by atoms with Gasteiger partial charge in [-0.25, -0.2) is 0 Å². The number of benzene rings is 1. The van der Waals surface area contributed by atoms with E-state index < -0.39 is 0 Å². The second-order valence-electron chi connectivity index (χ2n) is 6.65. The number of aromatic nitrogens is 3. The van der Waals surface area contributed by atoms with Crippen molar-refractivity contribution in [2.24, 2.45) is 0 Å². The predicted molar refractivity (Wildman–Crippen MR) is 107 cm³/mol. The minimum absolute atomic E-state index is 0.0909. The Hall–Kier alpha value is -2.58. The Morgan fingerprint density at radius 2 is 2.00 bits per heavy atom. The average molecular weight is 398 g/mol. The molecular formula is C20H22N4O3S. The fraction of sp³-hybridized carbons (Fsp3) is 0.350. The van der Waals surface area contributed by atoms with Crippen LogP contribution < -0.4 is 0 Å². The monoisotopic (exact) mass is 398 g/mol. The lowest BCUT2D eigenvalue weighted by atomic mass is 10.2. The number of morpholine rings is 1. The van der Waals surface area contributed by atoms with Gasteiger partial charge in [0.1, 0.15) is 5.76 Å². The lowest BCUT2D eigenvalue weighted by molar-refractivity contribution is -0.132. The zero-order valence-corrected chi connectivity index (χ0v) is 16.7. The molecule has 1 amide bonds. The molecule has 2 aromatic heterocycles. The van der Waals surface area contributed by atoms with Crippen molar-refractivity contribution in [1.29, 1.82) is 0 Å². The quantitative estimate of drug-likeness (QED) is 0.615. The van der Waals surface area contributed by atoms with Gasteiger partial charge < -0.3 is 14.1 Å². The molecule has 0 unspecified atom stereocenters. The molecule has 0 N–H and O–H groups in total. The van der Waals surface area contributed by atoms with E-state index in [9.17, 15) is 4.79 Å². The Morgan fingerprint density at radius 3 is 2.71 bits per heavy atom. The van der Waals surface area contributed by atoms with Crippen LogP contribution in [0.4, 0.5) is 0 Å². The molecule has 0 radical (unpaired) electrons. The third-order valence-corrected chi connectivity index (χ3v) is 5.60. The van der Waals surface area contributed by atoms with Crippen LogP contribution in [0, 0.1) is 13.8 Å². The summed E-state index contributed by atoms with van der Waals surface area (Å²) in [6.45, 7) is 6.43. The minimum atomic E-state index is 0.0909. The van der Waals surface area contributed by atoms with Gasteiger partial charge in [0.25, 0.3) is 0 Å². The van der Waals surface area contributed by atoms with E-state index in [1.165, 1.54) is 11.8 Å². The van der Waals surface area contributed by atoms with E-state index in [0.717, 1.165) is 22.6 Å². The number of carbonyl (C=O) groups excluding carboxylic acids is 1. The molecule has 28 heavy (non-hydrogen) atoms. The Bertz CT molecular complexity index is 975. The van der Waals surface area contributed by atoms with Crippen LogP contribution in [0.1, 0.15) is 11.3 Å². The van der Waals surface area contributed by atoms with Crippen molar-refractivity contribution < 1.29 is 13.9 Å². The van der Waals surface area contributed by atoms with Crippen molar-refractivity contribution >= 4 is 17.7 Å². The van der Waals surface area contributed by atoms with E-state index in [-0.39, 0.29) is 5.91 Å². The average Bonchev–Trinajstić information content (AvgIpc) is 3.32. The molecule has 8 heteroatoms. The second-order valence-corrected chi connectivity index (χ2v) is 7.60. The molecule has 0 saturated carbocycles. The van der Waals surface area contributed by atoms with E-state index in [1.807, 2.05) is 47.6 Å². The number of hydrogen-bond donors (Lipinski definition) is 0. The van der Waals surface area contributed by atoms with Gasteiger partial charge in [0, 0.05) is 18.8 Å². The van der Waals surface area contributed by atoms with Crippen LogP contribution in [0.25, 0.3) is 17.1 Å². The van der Waals surface area contributed by atoms with Gasteiger partial charge in [0.15, 0.2) is 11.0 Å². The highest BCUT2D eigenvalue weighted by atomic mass is 32.2. The van der Waals surface area contributed by atoms with Crippen molar-refractivity contribution in [3.63, 3.8) is 0 Å². The molecule has 3 aromatic rings. The normalized spacial score (nSPS) is 14.4. The molecule has 1 aliphatic heterocycles. The molecule has 0 spiro atoms. The fourth-order valence-corrected chi connectivity index (χ4v) is 4.04. The Kier molecular flexibility index (Phi) is 5.50. The maximum Gasteiger partial charge on any atom is 0.233 e. The maximum atomic E-state index is 12.5. The number of aryl methyl sites for hydroxylation is 2. The third kappa shape index (κ3) is 3.83. The number of rotatable bonds is 5. The van der Waals surface area contributed by atoms with Crippen molar-refractivity contribution in [2.45, 2.75) is 19.0 Å². The Labute approximate surface area is 167 Å². The highest BCUT2D eigenvalue weighted by molar-refractivity contribution is 7.99. The first-order chi connectivity index (χ1) is 13.6. The molecule has 0 bridgehead atoms. The van der Waals surface area contributed by atoms with E-state index in [1.54, 1.807) is 6.26 Å². The van der Waals surface area contributed by atoms with Gasteiger partial charge in [-0.2, -0.15) is 0 Å².